The standard InChI is InChI=1S/C10H12FN5O/c11-9-3-1-8(2-4-9)7-12-10-13-14-15-16(10)5-6-17/h1-4,17H,5-7H2,(H,12,13,15). The van der Waals surface area contributed by atoms with Crippen molar-refractivity contribution in [3.05, 3.63) is 35.6 Å². The van der Waals surface area contributed by atoms with Crippen molar-refractivity contribution in [1.82, 2.24) is 20.2 Å². The third kappa shape index (κ3) is 2.97. The summed E-state index contributed by atoms with van der Waals surface area (Å²) in [5, 5.41) is 22.8. The SMILES string of the molecule is OCCn1nnnc1NCc1ccc(F)cc1. The van der Waals surface area contributed by atoms with Gasteiger partial charge in [-0.15, -0.1) is 0 Å². The van der Waals surface area contributed by atoms with Gasteiger partial charge in [0.15, 0.2) is 0 Å². The molecule has 0 radical (unpaired) electrons. The van der Waals surface area contributed by atoms with E-state index in [-0.39, 0.29) is 12.4 Å². The molecule has 6 nitrogen and oxygen atoms in total. The lowest BCUT2D eigenvalue weighted by Gasteiger charge is -2.05. The van der Waals surface area contributed by atoms with Gasteiger partial charge in [-0.1, -0.05) is 17.2 Å². The summed E-state index contributed by atoms with van der Waals surface area (Å²) in [7, 11) is 0. The van der Waals surface area contributed by atoms with Crippen molar-refractivity contribution in [1.29, 1.82) is 0 Å². The molecule has 0 amide bonds. The Morgan fingerprint density at radius 2 is 2.06 bits per heavy atom. The van der Waals surface area contributed by atoms with Crippen molar-refractivity contribution in [2.24, 2.45) is 0 Å². The minimum Gasteiger partial charge on any atom is -0.394 e. The Kier molecular flexibility index (Phi) is 3.61. The Morgan fingerprint density at radius 1 is 1.29 bits per heavy atom. The van der Waals surface area contributed by atoms with E-state index in [0.717, 1.165) is 5.56 Å². The quantitative estimate of drug-likeness (QED) is 0.788. The Bertz CT molecular complexity index is 470. The van der Waals surface area contributed by atoms with E-state index in [0.29, 0.717) is 19.0 Å². The topological polar surface area (TPSA) is 75.9 Å². The van der Waals surface area contributed by atoms with Crippen LogP contribution in [0.15, 0.2) is 24.3 Å². The van der Waals surface area contributed by atoms with Crippen LogP contribution in [0.25, 0.3) is 0 Å². The average molecular weight is 237 g/mol. The zero-order chi connectivity index (χ0) is 12.1. The van der Waals surface area contributed by atoms with Crippen molar-refractivity contribution >= 4 is 5.95 Å². The van der Waals surface area contributed by atoms with Crippen molar-refractivity contribution < 1.29 is 9.50 Å². The summed E-state index contributed by atoms with van der Waals surface area (Å²) in [5.74, 6) is 0.210. The molecule has 0 atom stereocenters. The van der Waals surface area contributed by atoms with E-state index in [1.807, 2.05) is 0 Å². The number of hydrogen-bond acceptors (Lipinski definition) is 5. The van der Waals surface area contributed by atoms with Crippen LogP contribution in [0, 0.1) is 5.82 Å². The van der Waals surface area contributed by atoms with Gasteiger partial charge in [0.25, 0.3) is 0 Å². The molecule has 90 valence electrons. The fourth-order valence-corrected chi connectivity index (χ4v) is 1.36. The second kappa shape index (κ2) is 5.35. The van der Waals surface area contributed by atoms with Gasteiger partial charge in [-0.05, 0) is 28.1 Å². The molecular weight excluding hydrogens is 225 g/mol. The van der Waals surface area contributed by atoms with Crippen LogP contribution in [-0.2, 0) is 13.1 Å². The molecule has 0 saturated carbocycles. The lowest BCUT2D eigenvalue weighted by atomic mass is 10.2. The summed E-state index contributed by atoms with van der Waals surface area (Å²) in [6.45, 7) is 0.793. The molecule has 0 unspecified atom stereocenters. The first-order valence-electron chi connectivity index (χ1n) is 5.15. The monoisotopic (exact) mass is 237 g/mol. The molecule has 1 heterocycles. The second-order valence-corrected chi connectivity index (χ2v) is 3.43. The molecular formula is C10H12FN5O. The van der Waals surface area contributed by atoms with Crippen molar-refractivity contribution in [2.45, 2.75) is 13.1 Å². The van der Waals surface area contributed by atoms with Gasteiger partial charge in [-0.25, -0.2) is 9.07 Å². The molecule has 2 rings (SSSR count). The number of benzene rings is 1. The molecule has 2 N–H and O–H groups in total. The van der Waals surface area contributed by atoms with Gasteiger partial charge in [-0.2, -0.15) is 0 Å². The number of aliphatic hydroxyl groups is 1. The number of aromatic nitrogens is 4. The lowest BCUT2D eigenvalue weighted by molar-refractivity contribution is 0.269. The highest BCUT2D eigenvalue weighted by molar-refractivity contribution is 5.26. The second-order valence-electron chi connectivity index (χ2n) is 3.43. The highest BCUT2D eigenvalue weighted by Gasteiger charge is 2.04. The highest BCUT2D eigenvalue weighted by atomic mass is 19.1. The fourth-order valence-electron chi connectivity index (χ4n) is 1.36. The predicted octanol–water partition coefficient (Wildman–Crippen LogP) is 0.417. The van der Waals surface area contributed by atoms with E-state index in [1.165, 1.54) is 16.8 Å². The Labute approximate surface area is 97.1 Å². The van der Waals surface area contributed by atoms with Gasteiger partial charge >= 0.3 is 0 Å². The van der Waals surface area contributed by atoms with E-state index in [2.05, 4.69) is 20.8 Å². The van der Waals surface area contributed by atoms with Gasteiger partial charge in [0.2, 0.25) is 5.95 Å². The van der Waals surface area contributed by atoms with Crippen molar-refractivity contribution in [3.63, 3.8) is 0 Å². The smallest absolute Gasteiger partial charge is 0.243 e. The first-order chi connectivity index (χ1) is 8.29. The van der Waals surface area contributed by atoms with E-state index in [1.54, 1.807) is 12.1 Å². The third-order valence-corrected chi connectivity index (χ3v) is 2.21. The number of nitrogens with one attached hydrogen (secondary N) is 1. The first-order valence-corrected chi connectivity index (χ1v) is 5.15. The largest absolute Gasteiger partial charge is 0.394 e. The van der Waals surface area contributed by atoms with E-state index in [9.17, 15) is 4.39 Å². The summed E-state index contributed by atoms with van der Waals surface area (Å²) in [6, 6.07) is 6.16. The predicted molar refractivity (Wildman–Crippen MR) is 58.6 cm³/mol. The maximum Gasteiger partial charge on any atom is 0.243 e. The molecule has 0 aliphatic rings. The van der Waals surface area contributed by atoms with Gasteiger partial charge in [0, 0.05) is 6.54 Å². The van der Waals surface area contributed by atoms with Gasteiger partial charge in [-0.3, -0.25) is 0 Å². The highest BCUT2D eigenvalue weighted by Crippen LogP contribution is 2.06. The first kappa shape index (κ1) is 11.5. The molecule has 7 heteroatoms. The molecule has 0 fully saturated rings. The average Bonchev–Trinajstić information content (AvgIpc) is 2.77. The van der Waals surface area contributed by atoms with Crippen LogP contribution in [0.3, 0.4) is 0 Å². The maximum atomic E-state index is 12.7. The number of rotatable bonds is 5. The Morgan fingerprint density at radius 3 is 2.76 bits per heavy atom. The number of anilines is 1. The van der Waals surface area contributed by atoms with Crippen LogP contribution < -0.4 is 5.32 Å². The molecule has 1 aromatic carbocycles. The summed E-state index contributed by atoms with van der Waals surface area (Å²) in [5.41, 5.74) is 0.921. The van der Waals surface area contributed by atoms with Gasteiger partial charge < -0.3 is 10.4 Å². The van der Waals surface area contributed by atoms with E-state index >= 15 is 0 Å². The number of halogens is 1. The zero-order valence-corrected chi connectivity index (χ0v) is 9.04. The molecule has 0 aliphatic carbocycles. The number of nitrogens with zero attached hydrogens (tertiary/aromatic N) is 4. The summed E-state index contributed by atoms with van der Waals surface area (Å²) < 4.78 is 14.1. The fraction of sp³-hybridized carbons (Fsp3) is 0.300. The van der Waals surface area contributed by atoms with Crippen LogP contribution in [0.5, 0.6) is 0 Å². The zero-order valence-electron chi connectivity index (χ0n) is 9.04. The van der Waals surface area contributed by atoms with Gasteiger partial charge in [0.05, 0.1) is 13.2 Å². The van der Waals surface area contributed by atoms with Crippen LogP contribution >= 0.6 is 0 Å². The lowest BCUT2D eigenvalue weighted by Crippen LogP contribution is -2.10. The summed E-state index contributed by atoms with van der Waals surface area (Å²) >= 11 is 0. The number of aliphatic hydroxyl groups excluding tert-OH is 1. The number of tetrazole rings is 1. The molecule has 0 spiro atoms. The maximum absolute atomic E-state index is 12.7. The molecule has 0 bridgehead atoms. The minimum atomic E-state index is -0.265. The normalized spacial score (nSPS) is 10.5. The van der Waals surface area contributed by atoms with Crippen molar-refractivity contribution in [3.8, 4) is 0 Å². The van der Waals surface area contributed by atoms with E-state index in [4.69, 9.17) is 5.11 Å². The molecule has 1 aromatic heterocycles. The van der Waals surface area contributed by atoms with E-state index < -0.39 is 0 Å². The van der Waals surface area contributed by atoms with Crippen molar-refractivity contribution in [2.75, 3.05) is 11.9 Å². The molecule has 0 aliphatic heterocycles. The number of hydrogen-bond donors (Lipinski definition) is 2. The molecule has 17 heavy (non-hydrogen) atoms. The van der Waals surface area contributed by atoms with Crippen LogP contribution in [0.2, 0.25) is 0 Å². The summed E-state index contributed by atoms with van der Waals surface area (Å²) in [6.07, 6.45) is 0. The Hall–Kier alpha value is -2.02. The molecule has 0 saturated heterocycles. The minimum absolute atomic E-state index is 0.0315. The van der Waals surface area contributed by atoms with Crippen LogP contribution in [0.1, 0.15) is 5.56 Å². The Balaban J connectivity index is 1.97. The van der Waals surface area contributed by atoms with Gasteiger partial charge in [0.1, 0.15) is 5.82 Å². The van der Waals surface area contributed by atoms with Crippen LogP contribution in [0.4, 0.5) is 10.3 Å². The molecule has 2 aromatic rings. The third-order valence-electron chi connectivity index (χ3n) is 2.21. The van der Waals surface area contributed by atoms with Crippen LogP contribution in [-0.4, -0.2) is 31.9 Å². The summed E-state index contributed by atoms with van der Waals surface area (Å²) in [4.78, 5) is 0.